The van der Waals surface area contributed by atoms with E-state index in [4.69, 9.17) is 21.7 Å². The molecule has 0 saturated heterocycles. The summed E-state index contributed by atoms with van der Waals surface area (Å²) in [7, 11) is 0. The van der Waals surface area contributed by atoms with Crippen LogP contribution in [0.2, 0.25) is 5.02 Å². The number of aryl methyl sites for hydroxylation is 1. The molecule has 3 aromatic heterocycles. The summed E-state index contributed by atoms with van der Waals surface area (Å²) in [6.07, 6.45) is 4.22. The summed E-state index contributed by atoms with van der Waals surface area (Å²) < 4.78 is 4.02. The second kappa shape index (κ2) is 6.79. The third-order valence-electron chi connectivity index (χ3n) is 4.61. The zero-order chi connectivity index (χ0) is 17.7. The average Bonchev–Trinajstić information content (AvgIpc) is 3.17. The van der Waals surface area contributed by atoms with Crippen molar-refractivity contribution in [1.29, 1.82) is 0 Å². The number of halogens is 2. The van der Waals surface area contributed by atoms with Gasteiger partial charge in [0.25, 0.3) is 0 Å². The van der Waals surface area contributed by atoms with Crippen molar-refractivity contribution in [2.75, 3.05) is 0 Å². The van der Waals surface area contributed by atoms with Crippen molar-refractivity contribution in [3.63, 3.8) is 0 Å². The van der Waals surface area contributed by atoms with Crippen molar-refractivity contribution in [2.45, 2.75) is 19.9 Å². The molecule has 0 radical (unpaired) electrons. The van der Waals surface area contributed by atoms with E-state index in [2.05, 4.69) is 14.5 Å². The van der Waals surface area contributed by atoms with Gasteiger partial charge in [0, 0.05) is 22.5 Å². The topological polar surface area (TPSA) is 61.4 Å². The number of hydrogen-bond donors (Lipinski definition) is 0. The van der Waals surface area contributed by atoms with Gasteiger partial charge in [-0.2, -0.15) is 5.10 Å². The first-order valence-electron chi connectivity index (χ1n) is 8.36. The lowest BCUT2D eigenvalue weighted by molar-refractivity contribution is 0.663. The minimum absolute atomic E-state index is 0. The molecule has 1 aliphatic heterocycles. The molecule has 0 spiro atoms. The smallest absolute Gasteiger partial charge is 0.160 e. The van der Waals surface area contributed by atoms with E-state index < -0.39 is 0 Å². The first kappa shape index (κ1) is 17.7. The van der Waals surface area contributed by atoms with Crippen LogP contribution in [0.25, 0.3) is 17.1 Å². The Hall–Kier alpha value is -2.70. The normalized spacial score (nSPS) is 11.8. The fraction of sp³-hybridized carbons (Fsp3) is 0.158. The molecule has 0 unspecified atom stereocenters. The second-order valence-corrected chi connectivity index (χ2v) is 6.75. The van der Waals surface area contributed by atoms with E-state index in [1.165, 1.54) is 0 Å². The van der Waals surface area contributed by atoms with Gasteiger partial charge in [0.05, 0.1) is 36.4 Å². The van der Waals surface area contributed by atoms with Crippen LogP contribution in [0.5, 0.6) is 0 Å². The molecule has 4 heterocycles. The van der Waals surface area contributed by atoms with Crippen molar-refractivity contribution in [3.8, 4) is 17.1 Å². The predicted molar refractivity (Wildman–Crippen MR) is 106 cm³/mol. The van der Waals surface area contributed by atoms with Gasteiger partial charge < -0.3 is 4.57 Å². The Bertz CT molecular complexity index is 1120. The van der Waals surface area contributed by atoms with Gasteiger partial charge in [0.2, 0.25) is 0 Å². The first-order valence-corrected chi connectivity index (χ1v) is 8.73. The van der Waals surface area contributed by atoms with Crippen LogP contribution >= 0.6 is 24.0 Å². The lowest BCUT2D eigenvalue weighted by Crippen LogP contribution is -2.06. The Balaban J connectivity index is 0.00000180. The number of pyridine rings is 1. The maximum atomic E-state index is 6.27. The molecular weight excluding hydrogens is 383 g/mol. The maximum absolute atomic E-state index is 6.27. The monoisotopic (exact) mass is 398 g/mol. The van der Waals surface area contributed by atoms with Gasteiger partial charge >= 0.3 is 0 Å². The molecule has 0 atom stereocenters. The third kappa shape index (κ3) is 3.01. The largest absolute Gasteiger partial charge is 0.300 e. The number of benzene rings is 1. The SMILES string of the molecule is Cc1ncn2c1Cn1nc(Cc3ccccn3)nc1-c1cc(Cl)ccc1-2.Cl. The van der Waals surface area contributed by atoms with Gasteiger partial charge in [-0.25, -0.2) is 14.6 Å². The van der Waals surface area contributed by atoms with E-state index in [9.17, 15) is 0 Å². The van der Waals surface area contributed by atoms with Crippen molar-refractivity contribution >= 4 is 24.0 Å². The van der Waals surface area contributed by atoms with Gasteiger partial charge in [-0.05, 0) is 37.3 Å². The summed E-state index contributed by atoms with van der Waals surface area (Å²) in [5.74, 6) is 1.56. The van der Waals surface area contributed by atoms with Crippen LogP contribution in [-0.4, -0.2) is 29.3 Å². The van der Waals surface area contributed by atoms with Gasteiger partial charge in [-0.3, -0.25) is 4.98 Å². The number of fused-ring (bicyclic) bond motifs is 5. The molecule has 27 heavy (non-hydrogen) atoms. The van der Waals surface area contributed by atoms with E-state index in [0.29, 0.717) is 18.0 Å². The predicted octanol–water partition coefficient (Wildman–Crippen LogP) is 3.86. The maximum Gasteiger partial charge on any atom is 0.160 e. The Kier molecular flexibility index (Phi) is 4.45. The average molecular weight is 399 g/mol. The molecule has 4 aromatic rings. The molecular formula is C19H16Cl2N6. The summed E-state index contributed by atoms with van der Waals surface area (Å²) in [6.45, 7) is 2.63. The molecule has 0 N–H and O–H groups in total. The molecule has 1 aromatic carbocycles. The summed E-state index contributed by atoms with van der Waals surface area (Å²) in [4.78, 5) is 13.6. The molecule has 1 aliphatic rings. The second-order valence-electron chi connectivity index (χ2n) is 6.32. The summed E-state index contributed by atoms with van der Waals surface area (Å²) in [5, 5.41) is 5.41. The highest BCUT2D eigenvalue weighted by Gasteiger charge is 2.24. The van der Waals surface area contributed by atoms with Crippen molar-refractivity contribution in [2.24, 2.45) is 0 Å². The van der Waals surface area contributed by atoms with Crippen LogP contribution in [-0.2, 0) is 13.0 Å². The van der Waals surface area contributed by atoms with E-state index in [-0.39, 0.29) is 12.4 Å². The highest BCUT2D eigenvalue weighted by Crippen LogP contribution is 2.33. The molecule has 0 bridgehead atoms. The Labute approximate surface area is 167 Å². The number of nitrogens with zero attached hydrogens (tertiary/aromatic N) is 6. The van der Waals surface area contributed by atoms with E-state index >= 15 is 0 Å². The molecule has 0 aliphatic carbocycles. The van der Waals surface area contributed by atoms with Crippen molar-refractivity contribution in [3.05, 3.63) is 76.9 Å². The van der Waals surface area contributed by atoms with Crippen LogP contribution in [0.15, 0.2) is 48.9 Å². The quantitative estimate of drug-likeness (QED) is 0.452. The molecule has 0 fully saturated rings. The third-order valence-corrected chi connectivity index (χ3v) is 4.85. The number of rotatable bonds is 2. The number of aromatic nitrogens is 6. The van der Waals surface area contributed by atoms with Crippen molar-refractivity contribution < 1.29 is 0 Å². The fourth-order valence-electron chi connectivity index (χ4n) is 3.34. The minimum Gasteiger partial charge on any atom is -0.300 e. The zero-order valence-corrected chi connectivity index (χ0v) is 16.1. The zero-order valence-electron chi connectivity index (χ0n) is 14.5. The summed E-state index contributed by atoms with van der Waals surface area (Å²) in [5.41, 5.74) is 5.00. The number of hydrogen-bond acceptors (Lipinski definition) is 4. The highest BCUT2D eigenvalue weighted by atomic mass is 35.5. The van der Waals surface area contributed by atoms with Crippen LogP contribution in [0, 0.1) is 6.92 Å². The van der Waals surface area contributed by atoms with Gasteiger partial charge in [0.15, 0.2) is 11.6 Å². The van der Waals surface area contributed by atoms with Crippen LogP contribution in [0.3, 0.4) is 0 Å². The number of imidazole rings is 1. The molecule has 6 nitrogen and oxygen atoms in total. The first-order chi connectivity index (χ1) is 12.7. The van der Waals surface area contributed by atoms with E-state index in [1.807, 2.05) is 54.3 Å². The standard InChI is InChI=1S/C19H15ClN6.ClH/c1-12-17-10-26-19(23-18(24-26)9-14-4-2-3-7-21-14)15-8-13(20)5-6-16(15)25(17)11-22-12;/h2-8,11H,9-10H2,1H3;1H. The van der Waals surface area contributed by atoms with E-state index in [0.717, 1.165) is 40.0 Å². The Morgan fingerprint density at radius 1 is 1.15 bits per heavy atom. The van der Waals surface area contributed by atoms with Crippen LogP contribution in [0.1, 0.15) is 22.9 Å². The lowest BCUT2D eigenvalue weighted by atomic mass is 10.1. The highest BCUT2D eigenvalue weighted by molar-refractivity contribution is 6.31. The summed E-state index contributed by atoms with van der Waals surface area (Å²) >= 11 is 6.27. The van der Waals surface area contributed by atoms with E-state index in [1.54, 1.807) is 6.20 Å². The van der Waals surface area contributed by atoms with Gasteiger partial charge in [-0.1, -0.05) is 17.7 Å². The molecule has 0 amide bonds. The summed E-state index contributed by atoms with van der Waals surface area (Å²) in [6, 6.07) is 11.7. The van der Waals surface area contributed by atoms with Crippen LogP contribution < -0.4 is 0 Å². The van der Waals surface area contributed by atoms with Gasteiger partial charge in [0.1, 0.15) is 0 Å². The molecule has 8 heteroatoms. The van der Waals surface area contributed by atoms with Gasteiger partial charge in [-0.15, -0.1) is 12.4 Å². The molecule has 136 valence electrons. The fourth-order valence-corrected chi connectivity index (χ4v) is 3.51. The lowest BCUT2D eigenvalue weighted by Gasteiger charge is -2.08. The molecule has 5 rings (SSSR count). The van der Waals surface area contributed by atoms with Crippen molar-refractivity contribution in [1.82, 2.24) is 29.3 Å². The minimum atomic E-state index is 0. The van der Waals surface area contributed by atoms with Crippen LogP contribution in [0.4, 0.5) is 0 Å². The Morgan fingerprint density at radius 3 is 2.85 bits per heavy atom. The Morgan fingerprint density at radius 2 is 2.04 bits per heavy atom. The molecule has 0 saturated carbocycles.